The predicted molar refractivity (Wildman–Crippen MR) is 90.4 cm³/mol. The zero-order valence-corrected chi connectivity index (χ0v) is 15.0. The van der Waals surface area contributed by atoms with Crippen molar-refractivity contribution >= 4 is 33.2 Å². The van der Waals surface area contributed by atoms with Gasteiger partial charge in [-0.3, -0.25) is 4.68 Å². The highest BCUT2D eigenvalue weighted by Gasteiger charge is 2.21. The van der Waals surface area contributed by atoms with Crippen molar-refractivity contribution in [1.82, 2.24) is 14.5 Å². The van der Waals surface area contributed by atoms with Crippen LogP contribution in [0.3, 0.4) is 0 Å². The molecule has 1 aromatic carbocycles. The number of rotatable bonds is 4. The van der Waals surface area contributed by atoms with E-state index in [1.165, 1.54) is 12.1 Å². The van der Waals surface area contributed by atoms with Crippen molar-refractivity contribution in [2.45, 2.75) is 44.2 Å². The topological polar surface area (TPSA) is 64.0 Å². The summed E-state index contributed by atoms with van der Waals surface area (Å²) in [4.78, 5) is 0.0436. The van der Waals surface area contributed by atoms with Crippen LogP contribution in [0.1, 0.15) is 29.7 Å². The van der Waals surface area contributed by atoms with Crippen molar-refractivity contribution in [2.75, 3.05) is 0 Å². The fourth-order valence-electron chi connectivity index (χ4n) is 2.72. The van der Waals surface area contributed by atoms with E-state index in [2.05, 4.69) is 9.82 Å². The first-order valence-electron chi connectivity index (χ1n) is 7.37. The van der Waals surface area contributed by atoms with Gasteiger partial charge in [-0.05, 0) is 43.9 Å². The number of fused-ring (bicyclic) bond motifs is 1. The third kappa shape index (κ3) is 3.40. The minimum absolute atomic E-state index is 0.0436. The molecule has 0 aliphatic carbocycles. The lowest BCUT2D eigenvalue weighted by molar-refractivity contribution is 0.484. The standard InChI is InChI=1S/C15H17Cl2N3O2S/c1-10-6-15(13(17)7-12(10)16)23(21,22)19-9-11-8-18-20-5-3-2-4-14(11)20/h6-8,19H,2-5,9H2,1H3. The largest absolute Gasteiger partial charge is 0.269 e. The molecule has 5 nitrogen and oxygen atoms in total. The molecule has 1 N–H and O–H groups in total. The average molecular weight is 374 g/mol. The van der Waals surface area contributed by atoms with Gasteiger partial charge in [-0.1, -0.05) is 23.2 Å². The van der Waals surface area contributed by atoms with Crippen LogP contribution in [-0.2, 0) is 29.5 Å². The Kier molecular flexibility index (Phi) is 4.69. The second kappa shape index (κ2) is 6.43. The lowest BCUT2D eigenvalue weighted by Crippen LogP contribution is -2.24. The van der Waals surface area contributed by atoms with Crippen LogP contribution in [0.15, 0.2) is 23.2 Å². The number of halogens is 2. The summed E-state index contributed by atoms with van der Waals surface area (Å²) in [6.45, 7) is 2.84. The number of aromatic nitrogens is 2. The quantitative estimate of drug-likeness (QED) is 0.893. The van der Waals surface area contributed by atoms with Crippen molar-refractivity contribution in [3.05, 3.63) is 45.2 Å². The molecule has 8 heteroatoms. The van der Waals surface area contributed by atoms with Crippen LogP contribution >= 0.6 is 23.2 Å². The van der Waals surface area contributed by atoms with Crippen molar-refractivity contribution in [2.24, 2.45) is 0 Å². The van der Waals surface area contributed by atoms with E-state index in [4.69, 9.17) is 23.2 Å². The van der Waals surface area contributed by atoms with E-state index in [9.17, 15) is 8.42 Å². The second-order valence-electron chi connectivity index (χ2n) is 5.65. The van der Waals surface area contributed by atoms with Gasteiger partial charge in [-0.25, -0.2) is 13.1 Å². The molecule has 0 spiro atoms. The highest BCUT2D eigenvalue weighted by Crippen LogP contribution is 2.28. The molecule has 0 unspecified atom stereocenters. The molecule has 0 fully saturated rings. The second-order valence-corrected chi connectivity index (χ2v) is 8.20. The number of aryl methyl sites for hydroxylation is 2. The molecule has 1 aromatic heterocycles. The number of benzene rings is 1. The molecular formula is C15H17Cl2N3O2S. The fourth-order valence-corrected chi connectivity index (χ4v) is 4.56. The SMILES string of the molecule is Cc1cc(S(=O)(=O)NCc2cnn3c2CCCC3)c(Cl)cc1Cl. The van der Waals surface area contributed by atoms with Gasteiger partial charge >= 0.3 is 0 Å². The van der Waals surface area contributed by atoms with E-state index >= 15 is 0 Å². The van der Waals surface area contributed by atoms with Gasteiger partial charge in [0.1, 0.15) is 4.90 Å². The summed E-state index contributed by atoms with van der Waals surface area (Å²) >= 11 is 12.0. The Balaban J connectivity index is 1.82. The Bertz CT molecular complexity index is 847. The summed E-state index contributed by atoms with van der Waals surface area (Å²) in [6.07, 6.45) is 4.88. The minimum atomic E-state index is -3.71. The third-order valence-corrected chi connectivity index (χ3v) is 6.30. The number of sulfonamides is 1. The summed E-state index contributed by atoms with van der Waals surface area (Å²) < 4.78 is 29.6. The summed E-state index contributed by atoms with van der Waals surface area (Å²) in [5, 5.41) is 4.87. The predicted octanol–water partition coefficient (Wildman–Crippen LogP) is 3.31. The molecule has 0 atom stereocenters. The Morgan fingerprint density at radius 3 is 2.83 bits per heavy atom. The molecular weight excluding hydrogens is 357 g/mol. The summed E-state index contributed by atoms with van der Waals surface area (Å²) in [5.74, 6) is 0. The highest BCUT2D eigenvalue weighted by atomic mass is 35.5. The van der Waals surface area contributed by atoms with E-state index in [0.29, 0.717) is 10.6 Å². The van der Waals surface area contributed by atoms with Crippen molar-refractivity contribution in [3.63, 3.8) is 0 Å². The first-order chi connectivity index (χ1) is 10.9. The normalized spacial score (nSPS) is 14.7. The van der Waals surface area contributed by atoms with Crippen LogP contribution < -0.4 is 4.72 Å². The Labute approximate surface area is 145 Å². The summed E-state index contributed by atoms with van der Waals surface area (Å²) in [5.41, 5.74) is 2.69. The van der Waals surface area contributed by atoms with E-state index in [1.54, 1.807) is 13.1 Å². The van der Waals surface area contributed by atoms with Gasteiger partial charge in [0, 0.05) is 29.4 Å². The van der Waals surface area contributed by atoms with Crippen LogP contribution in [0.4, 0.5) is 0 Å². The Hall–Kier alpha value is -1.08. The van der Waals surface area contributed by atoms with Gasteiger partial charge in [0.15, 0.2) is 0 Å². The number of nitrogens with zero attached hydrogens (tertiary/aromatic N) is 2. The molecule has 0 saturated carbocycles. The van der Waals surface area contributed by atoms with Crippen molar-refractivity contribution in [1.29, 1.82) is 0 Å². The van der Waals surface area contributed by atoms with E-state index < -0.39 is 10.0 Å². The maximum Gasteiger partial charge on any atom is 0.242 e. The fraction of sp³-hybridized carbons (Fsp3) is 0.400. The van der Waals surface area contributed by atoms with Gasteiger partial charge in [-0.15, -0.1) is 0 Å². The monoisotopic (exact) mass is 373 g/mol. The summed E-state index contributed by atoms with van der Waals surface area (Å²) in [7, 11) is -3.71. The Morgan fingerprint density at radius 2 is 2.04 bits per heavy atom. The van der Waals surface area contributed by atoms with Crippen LogP contribution in [0.2, 0.25) is 10.0 Å². The molecule has 124 valence electrons. The van der Waals surface area contributed by atoms with Gasteiger partial charge in [0.2, 0.25) is 10.0 Å². The number of hydrogen-bond acceptors (Lipinski definition) is 3. The molecule has 0 amide bonds. The van der Waals surface area contributed by atoms with Crippen LogP contribution in [0.25, 0.3) is 0 Å². The first kappa shape index (κ1) is 16.8. The number of hydrogen-bond donors (Lipinski definition) is 1. The first-order valence-corrected chi connectivity index (χ1v) is 9.61. The molecule has 1 aliphatic heterocycles. The van der Waals surface area contributed by atoms with E-state index in [1.807, 2.05) is 4.68 Å². The highest BCUT2D eigenvalue weighted by molar-refractivity contribution is 7.89. The maximum atomic E-state index is 12.5. The maximum absolute atomic E-state index is 12.5. The molecule has 2 aromatic rings. The molecule has 0 saturated heterocycles. The minimum Gasteiger partial charge on any atom is -0.269 e. The van der Waals surface area contributed by atoms with Gasteiger partial charge < -0.3 is 0 Å². The lowest BCUT2D eigenvalue weighted by atomic mass is 10.1. The van der Waals surface area contributed by atoms with Crippen LogP contribution in [-0.4, -0.2) is 18.2 Å². The van der Waals surface area contributed by atoms with E-state index in [0.717, 1.165) is 37.1 Å². The average Bonchev–Trinajstić information content (AvgIpc) is 2.92. The zero-order valence-electron chi connectivity index (χ0n) is 12.6. The summed E-state index contributed by atoms with van der Waals surface area (Å²) in [6, 6.07) is 2.94. The molecule has 0 bridgehead atoms. The van der Waals surface area contributed by atoms with Gasteiger partial charge in [-0.2, -0.15) is 5.10 Å². The molecule has 0 radical (unpaired) electrons. The zero-order chi connectivity index (χ0) is 16.6. The smallest absolute Gasteiger partial charge is 0.242 e. The van der Waals surface area contributed by atoms with Crippen molar-refractivity contribution in [3.8, 4) is 0 Å². The molecule has 1 aliphatic rings. The van der Waals surface area contributed by atoms with Crippen LogP contribution in [0, 0.1) is 6.92 Å². The van der Waals surface area contributed by atoms with Crippen LogP contribution in [0.5, 0.6) is 0 Å². The third-order valence-electron chi connectivity index (χ3n) is 4.02. The lowest BCUT2D eigenvalue weighted by Gasteiger charge is -2.15. The van der Waals surface area contributed by atoms with Crippen molar-refractivity contribution < 1.29 is 8.42 Å². The molecule has 2 heterocycles. The van der Waals surface area contributed by atoms with Gasteiger partial charge in [0.25, 0.3) is 0 Å². The van der Waals surface area contributed by atoms with E-state index in [-0.39, 0.29) is 16.5 Å². The number of nitrogens with one attached hydrogen (secondary N) is 1. The molecule has 23 heavy (non-hydrogen) atoms. The Morgan fingerprint density at radius 1 is 1.26 bits per heavy atom. The molecule has 3 rings (SSSR count). The van der Waals surface area contributed by atoms with Gasteiger partial charge in [0.05, 0.1) is 11.2 Å².